The van der Waals surface area contributed by atoms with Gasteiger partial charge in [0.25, 0.3) is 0 Å². The molecule has 0 fully saturated rings. The topological polar surface area (TPSA) is 68.7 Å². The minimum absolute atomic E-state index is 0.214. The van der Waals surface area contributed by atoms with E-state index in [0.29, 0.717) is 0 Å². The van der Waals surface area contributed by atoms with Crippen LogP contribution in [0.5, 0.6) is 5.75 Å². The molecule has 58 valence electrons. The summed E-state index contributed by atoms with van der Waals surface area (Å²) in [7, 11) is 0. The normalized spacial score (nSPS) is 8.82. The molecule has 0 bridgehead atoms. The molecule has 0 amide bonds. The van der Waals surface area contributed by atoms with Gasteiger partial charge in [0.1, 0.15) is 0 Å². The highest BCUT2D eigenvalue weighted by Crippen LogP contribution is 2.06. The first kappa shape index (κ1) is 7.49. The quantitative estimate of drug-likeness (QED) is 0.373. The number of carbonyl (C=O) groups is 1. The average Bonchev–Trinajstić information content (AvgIpc) is 2.06. The van der Waals surface area contributed by atoms with Gasteiger partial charge in [-0.3, -0.25) is 9.87 Å². The lowest BCUT2D eigenvalue weighted by Crippen LogP contribution is -2.07. The molecule has 5 heteroatoms. The molecule has 1 N–H and O–H groups in total. The van der Waals surface area contributed by atoms with Gasteiger partial charge in [-0.05, 0) is 12.1 Å². The van der Waals surface area contributed by atoms with Crippen molar-refractivity contribution in [2.75, 3.05) is 0 Å². The van der Waals surface area contributed by atoms with Crippen LogP contribution in [0.15, 0.2) is 24.5 Å². The number of nitrogens with zero attached hydrogens (tertiary/aromatic N) is 1. The molecule has 0 atom stereocenters. The third-order valence-corrected chi connectivity index (χ3v) is 0.910. The Morgan fingerprint density at radius 2 is 2.45 bits per heavy atom. The van der Waals surface area contributed by atoms with Crippen LogP contribution in [-0.4, -0.2) is 16.4 Å². The van der Waals surface area contributed by atoms with Crippen LogP contribution in [0.3, 0.4) is 0 Å². The number of ether oxygens (including phenoxy) is 1. The summed E-state index contributed by atoms with van der Waals surface area (Å²) in [5, 5.41) is 7.80. The van der Waals surface area contributed by atoms with Gasteiger partial charge in [-0.25, -0.2) is 4.79 Å². The van der Waals surface area contributed by atoms with E-state index < -0.39 is 6.16 Å². The first-order valence-electron chi connectivity index (χ1n) is 2.76. The molecule has 0 saturated heterocycles. The lowest BCUT2D eigenvalue weighted by Gasteiger charge is -1.97. The summed E-state index contributed by atoms with van der Waals surface area (Å²) in [5.41, 5.74) is 0. The largest absolute Gasteiger partial charge is 0.545 e. The molecule has 0 saturated carbocycles. The van der Waals surface area contributed by atoms with E-state index in [4.69, 9.17) is 5.26 Å². The van der Waals surface area contributed by atoms with Crippen molar-refractivity contribution in [1.82, 2.24) is 4.98 Å². The molecule has 0 spiro atoms. The Kier molecular flexibility index (Phi) is 2.40. The van der Waals surface area contributed by atoms with Crippen LogP contribution in [0.1, 0.15) is 0 Å². The Morgan fingerprint density at radius 1 is 1.64 bits per heavy atom. The second kappa shape index (κ2) is 3.52. The number of hydrogen-bond donors (Lipinski definition) is 1. The smallest absolute Gasteiger partial charge is 0.391 e. The van der Waals surface area contributed by atoms with Crippen LogP contribution in [0.4, 0.5) is 4.79 Å². The average molecular weight is 155 g/mol. The van der Waals surface area contributed by atoms with Crippen LogP contribution in [-0.2, 0) is 4.89 Å². The highest BCUT2D eigenvalue weighted by Gasteiger charge is 2.03. The van der Waals surface area contributed by atoms with Crippen LogP contribution in [0.25, 0.3) is 0 Å². The predicted molar refractivity (Wildman–Crippen MR) is 34.0 cm³/mol. The Morgan fingerprint density at radius 3 is 3.00 bits per heavy atom. The zero-order valence-corrected chi connectivity index (χ0v) is 5.43. The highest BCUT2D eigenvalue weighted by molar-refractivity contribution is 5.62. The molecule has 1 rings (SSSR count). The maximum absolute atomic E-state index is 10.3. The summed E-state index contributed by atoms with van der Waals surface area (Å²) in [6, 6.07) is 3.09. The van der Waals surface area contributed by atoms with Crippen molar-refractivity contribution in [3.05, 3.63) is 24.5 Å². The van der Waals surface area contributed by atoms with E-state index >= 15 is 0 Å². The fourth-order valence-corrected chi connectivity index (χ4v) is 0.522. The fraction of sp³-hybridized carbons (Fsp3) is 0. The van der Waals surface area contributed by atoms with Gasteiger partial charge in [0.05, 0.1) is 6.20 Å². The Hall–Kier alpha value is -1.62. The lowest BCUT2D eigenvalue weighted by molar-refractivity contribution is -0.191. The van der Waals surface area contributed by atoms with E-state index in [9.17, 15) is 4.79 Å². The zero-order valence-electron chi connectivity index (χ0n) is 5.43. The summed E-state index contributed by atoms with van der Waals surface area (Å²) in [5.74, 6) is 0.214. The van der Waals surface area contributed by atoms with Gasteiger partial charge in [0.2, 0.25) is 0 Å². The number of hydrogen-bond acceptors (Lipinski definition) is 5. The van der Waals surface area contributed by atoms with E-state index in [2.05, 4.69) is 14.6 Å². The minimum Gasteiger partial charge on any atom is -0.391 e. The van der Waals surface area contributed by atoms with Crippen molar-refractivity contribution >= 4 is 6.16 Å². The van der Waals surface area contributed by atoms with E-state index in [1.807, 2.05) is 0 Å². The molecule has 0 unspecified atom stereocenters. The third kappa shape index (κ3) is 2.23. The SMILES string of the molecule is O=C(OO)Oc1cccnc1. The second-order valence-electron chi connectivity index (χ2n) is 1.63. The fourth-order valence-electron chi connectivity index (χ4n) is 0.522. The van der Waals surface area contributed by atoms with E-state index in [1.54, 1.807) is 6.07 Å². The summed E-state index contributed by atoms with van der Waals surface area (Å²) < 4.78 is 4.39. The van der Waals surface area contributed by atoms with Gasteiger partial charge in [-0.1, -0.05) is 0 Å². The van der Waals surface area contributed by atoms with E-state index in [-0.39, 0.29) is 5.75 Å². The molecular weight excluding hydrogens is 150 g/mol. The first-order chi connectivity index (χ1) is 5.33. The van der Waals surface area contributed by atoms with E-state index in [0.717, 1.165) is 0 Å². The van der Waals surface area contributed by atoms with Crippen molar-refractivity contribution in [1.29, 1.82) is 0 Å². The summed E-state index contributed by atoms with van der Waals surface area (Å²) in [4.78, 5) is 17.2. The van der Waals surface area contributed by atoms with Gasteiger partial charge in [0, 0.05) is 6.20 Å². The molecule has 1 aromatic heterocycles. The van der Waals surface area contributed by atoms with Crippen LogP contribution < -0.4 is 4.74 Å². The molecule has 0 aliphatic rings. The molecular formula is C6H5NO4. The zero-order chi connectivity index (χ0) is 8.10. The Bertz CT molecular complexity index is 236. The van der Waals surface area contributed by atoms with Gasteiger partial charge < -0.3 is 4.74 Å². The Balaban J connectivity index is 2.58. The van der Waals surface area contributed by atoms with Crippen molar-refractivity contribution < 1.29 is 19.7 Å². The van der Waals surface area contributed by atoms with Gasteiger partial charge >= 0.3 is 6.16 Å². The molecule has 0 aliphatic carbocycles. The molecule has 11 heavy (non-hydrogen) atoms. The molecule has 0 aromatic carbocycles. The number of carbonyl (C=O) groups excluding carboxylic acids is 1. The summed E-state index contributed by atoms with van der Waals surface area (Å²) in [6.07, 6.45) is 1.66. The standard InChI is InChI=1S/C6H5NO4/c8-6(11-9)10-5-2-1-3-7-4-5/h1-4,9H. The van der Waals surface area contributed by atoms with Crippen molar-refractivity contribution in [3.8, 4) is 5.75 Å². The molecule has 0 aliphatic heterocycles. The second-order valence-corrected chi connectivity index (χ2v) is 1.63. The van der Waals surface area contributed by atoms with Gasteiger partial charge in [0.15, 0.2) is 5.75 Å². The van der Waals surface area contributed by atoms with Crippen LogP contribution in [0.2, 0.25) is 0 Å². The Labute approximate surface area is 62.1 Å². The molecule has 1 heterocycles. The number of rotatable bonds is 1. The molecule has 0 radical (unpaired) electrons. The maximum Gasteiger partial charge on any atom is 0.545 e. The lowest BCUT2D eigenvalue weighted by atomic mass is 10.5. The monoisotopic (exact) mass is 155 g/mol. The molecule has 5 nitrogen and oxygen atoms in total. The van der Waals surface area contributed by atoms with Crippen LogP contribution in [0, 0.1) is 0 Å². The summed E-state index contributed by atoms with van der Waals surface area (Å²) in [6.45, 7) is 0. The van der Waals surface area contributed by atoms with Crippen molar-refractivity contribution in [2.24, 2.45) is 0 Å². The highest BCUT2D eigenvalue weighted by atomic mass is 17.1. The first-order valence-corrected chi connectivity index (χ1v) is 2.76. The van der Waals surface area contributed by atoms with E-state index in [1.165, 1.54) is 18.5 Å². The summed E-state index contributed by atoms with van der Waals surface area (Å²) >= 11 is 0. The van der Waals surface area contributed by atoms with Gasteiger partial charge in [-0.2, -0.15) is 5.26 Å². The number of aromatic nitrogens is 1. The maximum atomic E-state index is 10.3. The third-order valence-electron chi connectivity index (χ3n) is 0.910. The minimum atomic E-state index is -1.18. The van der Waals surface area contributed by atoms with Crippen molar-refractivity contribution in [2.45, 2.75) is 0 Å². The molecule has 1 aromatic rings. The van der Waals surface area contributed by atoms with Gasteiger partial charge in [-0.15, -0.1) is 0 Å². The van der Waals surface area contributed by atoms with Crippen LogP contribution >= 0.6 is 0 Å². The van der Waals surface area contributed by atoms with Crippen molar-refractivity contribution in [3.63, 3.8) is 0 Å². The predicted octanol–water partition coefficient (Wildman–Crippen LogP) is 1.07. The number of pyridine rings is 1.